The highest BCUT2D eigenvalue weighted by Gasteiger charge is 2.69. The summed E-state index contributed by atoms with van der Waals surface area (Å²) in [5, 5.41) is 1.51. The van der Waals surface area contributed by atoms with Gasteiger partial charge in [-0.25, -0.2) is 21.8 Å². The predicted molar refractivity (Wildman–Crippen MR) is 178 cm³/mol. The van der Waals surface area contributed by atoms with Gasteiger partial charge in [0.2, 0.25) is 31.9 Å². The number of sulfonamides is 2. The molecule has 4 aromatic rings. The summed E-state index contributed by atoms with van der Waals surface area (Å²) in [7, 11) is -8.46. The van der Waals surface area contributed by atoms with Crippen LogP contribution in [0.25, 0.3) is 21.9 Å². The van der Waals surface area contributed by atoms with Crippen LogP contribution < -0.4 is 8.61 Å². The van der Waals surface area contributed by atoms with Crippen molar-refractivity contribution in [3.05, 3.63) is 78.5 Å². The number of rotatable bonds is 7. The van der Waals surface area contributed by atoms with Crippen LogP contribution in [-0.4, -0.2) is 80.3 Å². The quantitative estimate of drug-likeness (QED) is 0.273. The van der Waals surface area contributed by atoms with Gasteiger partial charge in [0.15, 0.2) is 5.82 Å². The number of benzene rings is 1. The Hall–Kier alpha value is -4.64. The molecule has 1 aromatic carbocycles. The SMILES string of the molecule is CS(=O)(=O)N(c1ccc(-c2c(CN3C(=O)C4(CCN(C(=O)C5(C(F)(F)F)CC5)CC4)c4ccncc43)ncc3ccccc23)cn1)S(C)(=O)=O. The highest BCUT2D eigenvalue weighted by molar-refractivity contribution is 8.09. The number of halogens is 3. The Morgan fingerprint density at radius 1 is 0.900 bits per heavy atom. The Morgan fingerprint density at radius 2 is 1.58 bits per heavy atom. The fraction of sp³-hybridized carbons (Fsp3) is 0.364. The molecule has 0 bridgehead atoms. The molecule has 0 unspecified atom stereocenters. The van der Waals surface area contributed by atoms with Gasteiger partial charge in [-0.3, -0.25) is 19.6 Å². The number of pyridine rings is 3. The molecule has 0 atom stereocenters. The number of carbonyl (C=O) groups excluding carboxylic acids is 2. The van der Waals surface area contributed by atoms with Crippen LogP contribution in [0.2, 0.25) is 0 Å². The number of piperidine rings is 1. The molecule has 12 nitrogen and oxygen atoms in total. The van der Waals surface area contributed by atoms with Gasteiger partial charge in [-0.15, -0.1) is 3.71 Å². The third-order valence-electron chi connectivity index (χ3n) is 9.88. The summed E-state index contributed by atoms with van der Waals surface area (Å²) in [5.74, 6) is -1.54. The average molecular weight is 729 g/mol. The number of hydrogen-bond acceptors (Lipinski definition) is 9. The van der Waals surface area contributed by atoms with E-state index >= 15 is 0 Å². The number of fused-ring (bicyclic) bond motifs is 3. The van der Waals surface area contributed by atoms with E-state index in [-0.39, 0.29) is 60.8 Å². The topological polar surface area (TPSA) is 151 Å². The highest BCUT2D eigenvalue weighted by atomic mass is 32.3. The normalized spacial score (nSPS) is 18.4. The summed E-state index contributed by atoms with van der Waals surface area (Å²) < 4.78 is 90.8. The lowest BCUT2D eigenvalue weighted by Crippen LogP contribution is -2.53. The Labute approximate surface area is 286 Å². The second kappa shape index (κ2) is 11.4. The molecule has 7 rings (SSSR count). The first-order chi connectivity index (χ1) is 23.5. The maximum Gasteiger partial charge on any atom is 0.403 e. The number of aromatic nitrogens is 3. The van der Waals surface area contributed by atoms with E-state index in [1.165, 1.54) is 23.2 Å². The van der Waals surface area contributed by atoms with E-state index in [9.17, 15) is 39.6 Å². The van der Waals surface area contributed by atoms with Crippen LogP contribution in [-0.2, 0) is 41.6 Å². The maximum atomic E-state index is 14.5. The van der Waals surface area contributed by atoms with E-state index < -0.39 is 43.0 Å². The van der Waals surface area contributed by atoms with Gasteiger partial charge in [-0.2, -0.15) is 13.2 Å². The van der Waals surface area contributed by atoms with Crippen LogP contribution >= 0.6 is 0 Å². The zero-order valence-corrected chi connectivity index (χ0v) is 28.5. The van der Waals surface area contributed by atoms with Gasteiger partial charge in [0, 0.05) is 48.2 Å². The molecule has 3 aliphatic rings. The molecule has 2 aliphatic heterocycles. The molecule has 2 fully saturated rings. The van der Waals surface area contributed by atoms with Crippen molar-refractivity contribution in [1.29, 1.82) is 0 Å². The van der Waals surface area contributed by atoms with Crippen molar-refractivity contribution in [3.8, 4) is 11.1 Å². The van der Waals surface area contributed by atoms with Crippen molar-refractivity contribution in [1.82, 2.24) is 19.9 Å². The standard InChI is InChI=1S/C33H31F3N6O6S2/c1-49(45,46)42(50(2,47)48)27-8-7-22(18-39-27)28-23-6-4-3-5-21(23)17-38-25(28)20-41-26-19-37-14-9-24(26)31(29(41)43)12-15-40(16-13-31)30(44)32(10-11-32)33(34,35)36/h3-9,14,17-19H,10-13,15-16,20H2,1-2H3. The van der Waals surface area contributed by atoms with Crippen LogP contribution in [0.15, 0.2) is 67.3 Å². The molecular formula is C33H31F3N6O6S2. The number of hydrogen-bond donors (Lipinski definition) is 0. The predicted octanol–water partition coefficient (Wildman–Crippen LogP) is 4.17. The molecule has 5 heterocycles. The summed E-state index contributed by atoms with van der Waals surface area (Å²) in [6.07, 6.45) is 2.83. The van der Waals surface area contributed by atoms with Crippen molar-refractivity contribution in [3.63, 3.8) is 0 Å². The Bertz CT molecular complexity index is 2240. The fourth-order valence-electron chi connectivity index (χ4n) is 7.29. The fourth-order valence-corrected chi connectivity index (χ4v) is 10.2. The Kier molecular flexibility index (Phi) is 7.75. The number of anilines is 2. The van der Waals surface area contributed by atoms with Crippen LogP contribution in [0.5, 0.6) is 0 Å². The Balaban J connectivity index is 1.24. The number of amides is 2. The van der Waals surface area contributed by atoms with E-state index in [1.54, 1.807) is 29.6 Å². The van der Waals surface area contributed by atoms with E-state index in [2.05, 4.69) is 9.97 Å². The van der Waals surface area contributed by atoms with Crippen LogP contribution in [0.4, 0.5) is 24.7 Å². The second-order valence-corrected chi connectivity index (χ2v) is 16.9. The summed E-state index contributed by atoms with van der Waals surface area (Å²) in [4.78, 5) is 43.4. The van der Waals surface area contributed by atoms with Crippen molar-refractivity contribution in [2.24, 2.45) is 5.41 Å². The van der Waals surface area contributed by atoms with Crippen molar-refractivity contribution in [2.75, 3.05) is 34.2 Å². The van der Waals surface area contributed by atoms with Crippen LogP contribution in [0.3, 0.4) is 0 Å². The minimum Gasteiger partial charge on any atom is -0.342 e. The van der Waals surface area contributed by atoms with Gasteiger partial charge in [-0.1, -0.05) is 24.3 Å². The van der Waals surface area contributed by atoms with Crippen molar-refractivity contribution >= 4 is 54.1 Å². The molecular weight excluding hydrogens is 698 g/mol. The molecule has 1 saturated heterocycles. The summed E-state index contributed by atoms with van der Waals surface area (Å²) in [6.45, 7) is -0.0409. The van der Waals surface area contributed by atoms with Gasteiger partial charge in [-0.05, 0) is 54.8 Å². The molecule has 1 spiro atoms. The van der Waals surface area contributed by atoms with Gasteiger partial charge < -0.3 is 9.80 Å². The first kappa shape index (κ1) is 33.8. The smallest absolute Gasteiger partial charge is 0.342 e. The molecule has 1 saturated carbocycles. The van der Waals surface area contributed by atoms with E-state index in [0.717, 1.165) is 23.3 Å². The third-order valence-corrected chi connectivity index (χ3v) is 13.1. The lowest BCUT2D eigenvalue weighted by molar-refractivity contribution is -0.199. The summed E-state index contributed by atoms with van der Waals surface area (Å²) >= 11 is 0. The van der Waals surface area contributed by atoms with Crippen molar-refractivity contribution in [2.45, 2.75) is 43.8 Å². The Morgan fingerprint density at radius 3 is 2.18 bits per heavy atom. The number of carbonyl (C=O) groups is 2. The summed E-state index contributed by atoms with van der Waals surface area (Å²) in [6, 6.07) is 11.9. The molecule has 262 valence electrons. The van der Waals surface area contributed by atoms with Crippen LogP contribution in [0, 0.1) is 5.41 Å². The monoisotopic (exact) mass is 728 g/mol. The molecule has 50 heavy (non-hydrogen) atoms. The van der Waals surface area contributed by atoms with E-state index in [0.29, 0.717) is 28.1 Å². The third kappa shape index (κ3) is 5.37. The number of nitrogens with zero attached hydrogens (tertiary/aromatic N) is 6. The molecule has 3 aromatic heterocycles. The lowest BCUT2D eigenvalue weighted by atomic mass is 9.73. The van der Waals surface area contributed by atoms with Gasteiger partial charge in [0.05, 0.1) is 42.0 Å². The first-order valence-corrected chi connectivity index (χ1v) is 19.3. The second-order valence-electron chi connectivity index (χ2n) is 13.0. The van der Waals surface area contributed by atoms with Gasteiger partial charge in [0.25, 0.3) is 0 Å². The van der Waals surface area contributed by atoms with Crippen LogP contribution in [0.1, 0.15) is 36.9 Å². The first-order valence-electron chi connectivity index (χ1n) is 15.6. The van der Waals surface area contributed by atoms with Gasteiger partial charge in [0.1, 0.15) is 5.41 Å². The highest BCUT2D eigenvalue weighted by Crippen LogP contribution is 2.59. The maximum absolute atomic E-state index is 14.5. The minimum atomic E-state index is -4.63. The van der Waals surface area contributed by atoms with E-state index in [4.69, 9.17) is 4.98 Å². The number of alkyl halides is 3. The molecule has 1 aliphatic carbocycles. The van der Waals surface area contributed by atoms with Crippen molar-refractivity contribution < 1.29 is 39.6 Å². The molecule has 2 amide bonds. The zero-order valence-electron chi connectivity index (χ0n) is 26.9. The number of likely N-dealkylation sites (tertiary alicyclic amines) is 1. The molecule has 17 heteroatoms. The molecule has 0 N–H and O–H groups in total. The summed E-state index contributed by atoms with van der Waals surface area (Å²) in [5.41, 5.74) is -0.693. The molecule has 0 radical (unpaired) electrons. The largest absolute Gasteiger partial charge is 0.403 e. The lowest BCUT2D eigenvalue weighted by Gasteiger charge is -2.40. The minimum absolute atomic E-state index is 0.00647. The average Bonchev–Trinajstić information content (AvgIpc) is 3.85. The van der Waals surface area contributed by atoms with E-state index in [1.807, 2.05) is 24.3 Å². The van der Waals surface area contributed by atoms with Gasteiger partial charge >= 0.3 is 6.18 Å². The zero-order chi connectivity index (χ0) is 35.9.